The summed E-state index contributed by atoms with van der Waals surface area (Å²) in [7, 11) is -3.57. The molecule has 0 bridgehead atoms. The summed E-state index contributed by atoms with van der Waals surface area (Å²) in [5, 5.41) is 2.89. The second kappa shape index (κ2) is 8.39. The summed E-state index contributed by atoms with van der Waals surface area (Å²) in [6, 6.07) is 12.9. The van der Waals surface area contributed by atoms with Crippen molar-refractivity contribution < 1.29 is 13.2 Å². The van der Waals surface area contributed by atoms with E-state index in [2.05, 4.69) is 34.0 Å². The highest BCUT2D eigenvalue weighted by molar-refractivity contribution is 14.1. The number of amides is 1. The fourth-order valence-corrected chi connectivity index (χ4v) is 4.03. The van der Waals surface area contributed by atoms with Crippen molar-refractivity contribution in [2.75, 3.05) is 17.1 Å². The summed E-state index contributed by atoms with van der Waals surface area (Å²) in [6.45, 7) is 5.66. The summed E-state index contributed by atoms with van der Waals surface area (Å²) in [4.78, 5) is 12.5. The van der Waals surface area contributed by atoms with Crippen LogP contribution in [-0.2, 0) is 14.8 Å². The number of nitrogens with one attached hydrogen (secondary N) is 1. The lowest BCUT2D eigenvalue weighted by Gasteiger charge is -2.24. The number of carbonyl (C=O) groups excluding carboxylic acids is 1. The molecule has 26 heavy (non-hydrogen) atoms. The van der Waals surface area contributed by atoms with E-state index in [1.807, 2.05) is 45.0 Å². The Kier molecular flexibility index (Phi) is 6.68. The zero-order valence-electron chi connectivity index (χ0n) is 15.3. The van der Waals surface area contributed by atoms with Crippen molar-refractivity contribution in [3.8, 4) is 0 Å². The maximum absolute atomic E-state index is 12.5. The molecule has 7 heteroatoms. The number of halogens is 1. The molecule has 1 atom stereocenters. The van der Waals surface area contributed by atoms with Crippen molar-refractivity contribution in [3.05, 3.63) is 62.7 Å². The van der Waals surface area contributed by atoms with Gasteiger partial charge in [0.25, 0.3) is 0 Å². The highest BCUT2D eigenvalue weighted by Crippen LogP contribution is 2.21. The number of benzene rings is 2. The third-order valence-electron chi connectivity index (χ3n) is 4.07. The average Bonchev–Trinajstić information content (AvgIpc) is 2.52. The van der Waals surface area contributed by atoms with E-state index in [9.17, 15) is 13.2 Å². The number of hydrogen-bond acceptors (Lipinski definition) is 3. The van der Waals surface area contributed by atoms with Crippen LogP contribution in [0, 0.1) is 17.4 Å². The maximum atomic E-state index is 12.5. The number of carbonyl (C=O) groups is 1. The fraction of sp³-hybridized carbons (Fsp3) is 0.316. The smallest absolute Gasteiger partial charge is 0.241 e. The van der Waals surface area contributed by atoms with Crippen molar-refractivity contribution in [1.29, 1.82) is 0 Å². The lowest BCUT2D eigenvalue weighted by Crippen LogP contribution is -2.41. The SMILES string of the molecule is Cc1ccc([C@@H](C)NC(=O)CN(c2ccc(I)cc2)S(C)(=O)=O)c(C)c1. The van der Waals surface area contributed by atoms with Gasteiger partial charge in [0.2, 0.25) is 15.9 Å². The van der Waals surface area contributed by atoms with Gasteiger partial charge in [0.05, 0.1) is 18.0 Å². The van der Waals surface area contributed by atoms with Gasteiger partial charge in [-0.3, -0.25) is 9.10 Å². The first kappa shape index (κ1) is 20.7. The fourth-order valence-electron chi connectivity index (χ4n) is 2.81. The first-order valence-corrected chi connectivity index (χ1v) is 11.1. The maximum Gasteiger partial charge on any atom is 0.241 e. The highest BCUT2D eigenvalue weighted by Gasteiger charge is 2.22. The molecule has 0 aromatic heterocycles. The van der Waals surface area contributed by atoms with Crippen LogP contribution >= 0.6 is 22.6 Å². The van der Waals surface area contributed by atoms with Gasteiger partial charge in [-0.2, -0.15) is 0 Å². The molecule has 0 unspecified atom stereocenters. The third-order valence-corrected chi connectivity index (χ3v) is 5.93. The molecule has 0 radical (unpaired) electrons. The van der Waals surface area contributed by atoms with Crippen molar-refractivity contribution >= 4 is 44.2 Å². The van der Waals surface area contributed by atoms with E-state index in [0.717, 1.165) is 30.8 Å². The molecule has 2 rings (SSSR count). The standard InChI is InChI=1S/C19H23IN2O3S/c1-13-5-10-18(14(2)11-13)15(3)21-19(23)12-22(26(4,24)25)17-8-6-16(20)7-9-17/h5-11,15H,12H2,1-4H3,(H,21,23)/t15-/m1/s1. The van der Waals surface area contributed by atoms with E-state index in [-0.39, 0.29) is 18.5 Å². The van der Waals surface area contributed by atoms with Crippen LogP contribution in [0.1, 0.15) is 29.7 Å². The van der Waals surface area contributed by atoms with E-state index in [1.165, 1.54) is 0 Å². The van der Waals surface area contributed by atoms with Crippen molar-refractivity contribution in [2.45, 2.75) is 26.8 Å². The van der Waals surface area contributed by atoms with Crippen LogP contribution in [0.4, 0.5) is 5.69 Å². The summed E-state index contributed by atoms with van der Waals surface area (Å²) >= 11 is 2.15. The largest absolute Gasteiger partial charge is 0.348 e. The molecular formula is C19H23IN2O3S. The molecule has 0 saturated heterocycles. The Morgan fingerprint density at radius 1 is 1.15 bits per heavy atom. The van der Waals surface area contributed by atoms with E-state index in [4.69, 9.17) is 0 Å². The first-order chi connectivity index (χ1) is 12.1. The third kappa shape index (κ3) is 5.44. The van der Waals surface area contributed by atoms with Crippen molar-refractivity contribution in [1.82, 2.24) is 5.32 Å². The molecule has 0 saturated carbocycles. The van der Waals surface area contributed by atoms with Crippen LogP contribution in [-0.4, -0.2) is 27.1 Å². The van der Waals surface area contributed by atoms with Gasteiger partial charge in [0, 0.05) is 3.57 Å². The number of sulfonamides is 1. The van der Waals surface area contributed by atoms with Gasteiger partial charge in [0.1, 0.15) is 6.54 Å². The second-order valence-corrected chi connectivity index (χ2v) is 9.55. The molecule has 0 spiro atoms. The Morgan fingerprint density at radius 3 is 2.31 bits per heavy atom. The zero-order valence-corrected chi connectivity index (χ0v) is 18.3. The van der Waals surface area contributed by atoms with Crippen LogP contribution in [0.5, 0.6) is 0 Å². The lowest BCUT2D eigenvalue weighted by atomic mass is 10.0. The van der Waals surface area contributed by atoms with Crippen LogP contribution in [0.3, 0.4) is 0 Å². The predicted octanol–water partition coefficient (Wildman–Crippen LogP) is 3.55. The molecule has 0 fully saturated rings. The van der Waals surface area contributed by atoms with Gasteiger partial charge in [-0.25, -0.2) is 8.42 Å². The highest BCUT2D eigenvalue weighted by atomic mass is 127. The summed E-state index contributed by atoms with van der Waals surface area (Å²) < 4.78 is 26.4. The Balaban J connectivity index is 2.15. The summed E-state index contributed by atoms with van der Waals surface area (Å²) in [5.74, 6) is -0.346. The molecule has 1 N–H and O–H groups in total. The van der Waals surface area contributed by atoms with E-state index >= 15 is 0 Å². The number of rotatable bonds is 6. The lowest BCUT2D eigenvalue weighted by molar-refractivity contribution is -0.120. The Bertz CT molecular complexity index is 896. The van der Waals surface area contributed by atoms with Gasteiger partial charge < -0.3 is 5.32 Å². The monoisotopic (exact) mass is 486 g/mol. The Morgan fingerprint density at radius 2 is 1.77 bits per heavy atom. The minimum absolute atomic E-state index is 0.207. The van der Waals surface area contributed by atoms with Crippen LogP contribution < -0.4 is 9.62 Å². The van der Waals surface area contributed by atoms with Crippen molar-refractivity contribution in [2.24, 2.45) is 0 Å². The molecule has 0 heterocycles. The van der Waals surface area contributed by atoms with E-state index < -0.39 is 10.0 Å². The van der Waals surface area contributed by atoms with Gasteiger partial charge in [-0.15, -0.1) is 0 Å². The summed E-state index contributed by atoms with van der Waals surface area (Å²) in [6.07, 6.45) is 1.10. The van der Waals surface area contributed by atoms with Crippen LogP contribution in [0.15, 0.2) is 42.5 Å². The summed E-state index contributed by atoms with van der Waals surface area (Å²) in [5.41, 5.74) is 3.74. The van der Waals surface area contributed by atoms with E-state index in [0.29, 0.717) is 5.69 Å². The molecule has 2 aromatic rings. The number of anilines is 1. The Hall–Kier alpha value is -1.61. The number of aryl methyl sites for hydroxylation is 2. The van der Waals surface area contributed by atoms with Gasteiger partial charge in [-0.1, -0.05) is 23.8 Å². The van der Waals surface area contributed by atoms with Crippen LogP contribution in [0.25, 0.3) is 0 Å². The average molecular weight is 486 g/mol. The minimum atomic E-state index is -3.57. The van der Waals surface area contributed by atoms with Gasteiger partial charge in [0.15, 0.2) is 0 Å². The normalized spacial score (nSPS) is 12.5. The van der Waals surface area contributed by atoms with Crippen LogP contribution in [0.2, 0.25) is 0 Å². The predicted molar refractivity (Wildman–Crippen MR) is 114 cm³/mol. The second-order valence-electron chi connectivity index (χ2n) is 6.40. The molecule has 140 valence electrons. The molecule has 2 aromatic carbocycles. The first-order valence-electron chi connectivity index (χ1n) is 8.17. The van der Waals surface area contributed by atoms with Gasteiger partial charge >= 0.3 is 0 Å². The number of hydrogen-bond donors (Lipinski definition) is 1. The Labute approximate surface area is 169 Å². The zero-order chi connectivity index (χ0) is 19.5. The molecule has 1 amide bonds. The molecule has 0 aliphatic heterocycles. The van der Waals surface area contributed by atoms with E-state index in [1.54, 1.807) is 12.1 Å². The molecule has 0 aliphatic rings. The van der Waals surface area contributed by atoms with Gasteiger partial charge in [-0.05, 0) is 78.8 Å². The number of nitrogens with zero attached hydrogens (tertiary/aromatic N) is 1. The molecular weight excluding hydrogens is 463 g/mol. The topological polar surface area (TPSA) is 66.5 Å². The quantitative estimate of drug-likeness (QED) is 0.636. The van der Waals surface area contributed by atoms with Crippen molar-refractivity contribution in [3.63, 3.8) is 0 Å². The minimum Gasteiger partial charge on any atom is -0.348 e. The molecule has 5 nitrogen and oxygen atoms in total. The molecule has 0 aliphatic carbocycles.